The summed E-state index contributed by atoms with van der Waals surface area (Å²) in [4.78, 5) is 0. The molecule has 0 bridgehead atoms. The normalized spacial score (nSPS) is 12.0. The zero-order valence-electron chi connectivity index (χ0n) is 13.2. The lowest BCUT2D eigenvalue weighted by Crippen LogP contribution is -2.04. The van der Waals surface area contributed by atoms with Crippen LogP contribution in [-0.4, -0.2) is 0 Å². The topological polar surface area (TPSA) is 36.9 Å². The van der Waals surface area contributed by atoms with Crippen molar-refractivity contribution in [2.75, 3.05) is 0 Å². The molecule has 26 heavy (non-hydrogen) atoms. The largest absolute Gasteiger partial charge is 0.457 e. The Labute approximate surface area is 152 Å². The molecule has 0 fully saturated rings. The second-order valence-electron chi connectivity index (χ2n) is 5.46. The molecule has 0 aliphatic heterocycles. The van der Waals surface area contributed by atoms with E-state index in [1.807, 2.05) is 0 Å². The summed E-state index contributed by atoms with van der Waals surface area (Å²) in [5.41, 5.74) is 0.576. The third kappa shape index (κ3) is 3.98. The Kier molecular flexibility index (Phi) is 4.88. The Morgan fingerprint density at radius 2 is 1.77 bits per heavy atom. The lowest BCUT2D eigenvalue weighted by atomic mass is 10.1. The van der Waals surface area contributed by atoms with E-state index in [0.717, 1.165) is 12.1 Å². The van der Waals surface area contributed by atoms with Crippen molar-refractivity contribution in [3.05, 3.63) is 82.6 Å². The summed E-state index contributed by atoms with van der Waals surface area (Å²) in [6.45, 7) is 0. The first kappa shape index (κ1) is 17.8. The predicted molar refractivity (Wildman–Crippen MR) is 94.1 cm³/mol. The smallest absolute Gasteiger partial charge is 0.416 e. The van der Waals surface area contributed by atoms with Gasteiger partial charge in [-0.25, -0.2) is 0 Å². The first-order valence-electron chi connectivity index (χ1n) is 7.52. The maximum atomic E-state index is 12.8. The molecule has 0 aliphatic carbocycles. The third-order valence-corrected chi connectivity index (χ3v) is 3.92. The molecule has 0 amide bonds. The minimum atomic E-state index is -4.42. The standard InChI is InChI=1S/C20H11ClF3NO/c21-17-6-4-13(5-7-17)15(12-25)11-18-8-9-19(26-18)14-2-1-3-16(10-14)20(22,23)24/h1-11H. The van der Waals surface area contributed by atoms with Crippen molar-refractivity contribution in [2.24, 2.45) is 0 Å². The van der Waals surface area contributed by atoms with E-state index in [2.05, 4.69) is 6.07 Å². The molecule has 1 aromatic heterocycles. The number of nitriles is 1. The fourth-order valence-corrected chi connectivity index (χ4v) is 2.51. The summed E-state index contributed by atoms with van der Waals surface area (Å²) in [6, 6.07) is 16.9. The number of nitrogens with zero attached hydrogens (tertiary/aromatic N) is 1. The number of hydrogen-bond acceptors (Lipinski definition) is 2. The molecule has 0 spiro atoms. The second-order valence-corrected chi connectivity index (χ2v) is 5.89. The number of benzene rings is 2. The quantitative estimate of drug-likeness (QED) is 0.480. The molecule has 0 radical (unpaired) electrons. The Morgan fingerprint density at radius 3 is 2.42 bits per heavy atom. The number of alkyl halides is 3. The van der Waals surface area contributed by atoms with Gasteiger partial charge in [0.15, 0.2) is 0 Å². The number of furan rings is 1. The van der Waals surface area contributed by atoms with Gasteiger partial charge in [-0.3, -0.25) is 0 Å². The van der Waals surface area contributed by atoms with Gasteiger partial charge >= 0.3 is 6.18 Å². The molecule has 3 aromatic rings. The molecule has 2 aromatic carbocycles. The Hall–Kier alpha value is -2.97. The van der Waals surface area contributed by atoms with Gasteiger partial charge in [0.25, 0.3) is 0 Å². The van der Waals surface area contributed by atoms with Crippen molar-refractivity contribution >= 4 is 23.3 Å². The van der Waals surface area contributed by atoms with E-state index in [0.29, 0.717) is 27.5 Å². The van der Waals surface area contributed by atoms with E-state index in [1.165, 1.54) is 18.2 Å². The summed E-state index contributed by atoms with van der Waals surface area (Å²) in [7, 11) is 0. The first-order valence-corrected chi connectivity index (χ1v) is 7.90. The first-order chi connectivity index (χ1) is 12.4. The number of halogens is 4. The van der Waals surface area contributed by atoms with Crippen LogP contribution in [-0.2, 0) is 6.18 Å². The molecule has 0 saturated carbocycles. The highest BCUT2D eigenvalue weighted by atomic mass is 35.5. The van der Waals surface area contributed by atoms with Crippen LogP contribution in [0.4, 0.5) is 13.2 Å². The number of allylic oxidation sites excluding steroid dienone is 1. The van der Waals surface area contributed by atoms with E-state index in [9.17, 15) is 18.4 Å². The van der Waals surface area contributed by atoms with Crippen LogP contribution in [0.2, 0.25) is 5.02 Å². The van der Waals surface area contributed by atoms with E-state index in [1.54, 1.807) is 36.4 Å². The zero-order chi connectivity index (χ0) is 18.7. The highest BCUT2D eigenvalue weighted by Gasteiger charge is 2.30. The van der Waals surface area contributed by atoms with Crippen molar-refractivity contribution < 1.29 is 17.6 Å². The molecule has 0 saturated heterocycles. The average Bonchev–Trinajstić information content (AvgIpc) is 3.09. The lowest BCUT2D eigenvalue weighted by Gasteiger charge is -2.07. The van der Waals surface area contributed by atoms with Crippen LogP contribution in [0.3, 0.4) is 0 Å². The van der Waals surface area contributed by atoms with Crippen molar-refractivity contribution in [1.29, 1.82) is 5.26 Å². The molecule has 6 heteroatoms. The Bertz CT molecular complexity index is 995. The van der Waals surface area contributed by atoms with Crippen LogP contribution in [0.5, 0.6) is 0 Å². The Morgan fingerprint density at radius 1 is 1.04 bits per heavy atom. The summed E-state index contributed by atoms with van der Waals surface area (Å²) < 4.78 is 44.1. The van der Waals surface area contributed by atoms with E-state index in [4.69, 9.17) is 16.0 Å². The van der Waals surface area contributed by atoms with Gasteiger partial charge in [0.1, 0.15) is 11.5 Å². The highest BCUT2D eigenvalue weighted by Crippen LogP contribution is 2.33. The lowest BCUT2D eigenvalue weighted by molar-refractivity contribution is -0.137. The van der Waals surface area contributed by atoms with Crippen molar-refractivity contribution in [1.82, 2.24) is 0 Å². The zero-order valence-corrected chi connectivity index (χ0v) is 14.0. The summed E-state index contributed by atoms with van der Waals surface area (Å²) in [5, 5.41) is 9.89. The Balaban J connectivity index is 1.92. The fraction of sp³-hybridized carbons (Fsp3) is 0.0500. The summed E-state index contributed by atoms with van der Waals surface area (Å²) in [5.74, 6) is 0.652. The van der Waals surface area contributed by atoms with Gasteiger partial charge in [0, 0.05) is 10.6 Å². The molecular weight excluding hydrogens is 363 g/mol. The summed E-state index contributed by atoms with van der Waals surface area (Å²) in [6.07, 6.45) is -2.89. The molecule has 0 aliphatic rings. The molecule has 1 heterocycles. The van der Waals surface area contributed by atoms with Gasteiger partial charge in [-0.15, -0.1) is 0 Å². The minimum Gasteiger partial charge on any atom is -0.457 e. The molecule has 3 rings (SSSR count). The maximum absolute atomic E-state index is 12.8. The van der Waals surface area contributed by atoms with Crippen molar-refractivity contribution in [3.63, 3.8) is 0 Å². The van der Waals surface area contributed by atoms with Crippen LogP contribution in [0, 0.1) is 11.3 Å². The van der Waals surface area contributed by atoms with E-state index >= 15 is 0 Å². The monoisotopic (exact) mass is 373 g/mol. The number of rotatable bonds is 3. The van der Waals surface area contributed by atoms with E-state index in [-0.39, 0.29) is 5.76 Å². The van der Waals surface area contributed by atoms with Gasteiger partial charge < -0.3 is 4.42 Å². The summed E-state index contributed by atoms with van der Waals surface area (Å²) >= 11 is 5.83. The van der Waals surface area contributed by atoms with Gasteiger partial charge in [0.05, 0.1) is 17.2 Å². The van der Waals surface area contributed by atoms with Gasteiger partial charge in [-0.05, 0) is 48.0 Å². The minimum absolute atomic E-state index is 0.288. The van der Waals surface area contributed by atoms with Crippen LogP contribution >= 0.6 is 11.6 Å². The maximum Gasteiger partial charge on any atom is 0.416 e. The molecular formula is C20H11ClF3NO. The van der Waals surface area contributed by atoms with Gasteiger partial charge in [0.2, 0.25) is 0 Å². The van der Waals surface area contributed by atoms with Crippen LogP contribution < -0.4 is 0 Å². The van der Waals surface area contributed by atoms with Crippen molar-refractivity contribution in [2.45, 2.75) is 6.18 Å². The van der Waals surface area contributed by atoms with Crippen LogP contribution in [0.25, 0.3) is 23.0 Å². The van der Waals surface area contributed by atoms with Gasteiger partial charge in [-0.1, -0.05) is 35.9 Å². The SMILES string of the molecule is N#CC(=Cc1ccc(-c2cccc(C(F)(F)F)c2)o1)c1ccc(Cl)cc1. The second kappa shape index (κ2) is 7.11. The van der Waals surface area contributed by atoms with E-state index < -0.39 is 11.7 Å². The van der Waals surface area contributed by atoms with Crippen LogP contribution in [0.1, 0.15) is 16.9 Å². The molecule has 2 nitrogen and oxygen atoms in total. The predicted octanol–water partition coefficient (Wildman–Crippen LogP) is 6.68. The van der Waals surface area contributed by atoms with Crippen molar-refractivity contribution in [3.8, 4) is 17.4 Å². The van der Waals surface area contributed by atoms with Crippen LogP contribution in [0.15, 0.2) is 65.1 Å². The molecule has 0 unspecified atom stereocenters. The third-order valence-electron chi connectivity index (χ3n) is 3.66. The van der Waals surface area contributed by atoms with Gasteiger partial charge in [-0.2, -0.15) is 18.4 Å². The molecule has 0 N–H and O–H groups in total. The molecule has 130 valence electrons. The number of hydrogen-bond donors (Lipinski definition) is 0. The highest BCUT2D eigenvalue weighted by molar-refractivity contribution is 6.30. The fourth-order valence-electron chi connectivity index (χ4n) is 2.39. The average molecular weight is 374 g/mol. The molecule has 0 atom stereocenters.